The van der Waals surface area contributed by atoms with E-state index in [0.29, 0.717) is 12.3 Å². The van der Waals surface area contributed by atoms with Gasteiger partial charge in [0, 0.05) is 0 Å². The first-order chi connectivity index (χ1) is 8.56. The number of halogens is 1. The third-order valence-corrected chi connectivity index (χ3v) is 2.54. The summed E-state index contributed by atoms with van der Waals surface area (Å²) in [7, 11) is 2.11. The average Bonchev–Trinajstić information content (AvgIpc) is 2.71. The molecule has 0 radical (unpaired) electrons. The van der Waals surface area contributed by atoms with Gasteiger partial charge >= 0.3 is 0 Å². The van der Waals surface area contributed by atoms with Crippen LogP contribution in [0, 0.1) is 0 Å². The van der Waals surface area contributed by atoms with E-state index in [0.717, 1.165) is 29.6 Å². The summed E-state index contributed by atoms with van der Waals surface area (Å²) in [5, 5.41) is 0. The van der Waals surface area contributed by atoms with Gasteiger partial charge in [0.15, 0.2) is 5.78 Å². The molecular formula is C15H27BrNO+. The van der Waals surface area contributed by atoms with Crippen LogP contribution >= 0.6 is 15.9 Å². The summed E-state index contributed by atoms with van der Waals surface area (Å²) in [5.74, 6) is 2.18. The van der Waals surface area contributed by atoms with Crippen molar-refractivity contribution in [2.45, 2.75) is 20.3 Å². The summed E-state index contributed by atoms with van der Waals surface area (Å²) in [6.45, 7) is 14.0. The zero-order valence-corrected chi connectivity index (χ0v) is 13.8. The summed E-state index contributed by atoms with van der Waals surface area (Å²) in [6.07, 6.45) is 6.29. The number of alkyl halides is 1. The highest BCUT2D eigenvalue weighted by Gasteiger charge is 2.32. The first-order valence-corrected chi connectivity index (χ1v) is 7.84. The van der Waals surface area contributed by atoms with Gasteiger partial charge in [0.25, 0.3) is 0 Å². The topological polar surface area (TPSA) is 17.1 Å². The van der Waals surface area contributed by atoms with Gasteiger partial charge in [0.1, 0.15) is 13.1 Å². The van der Waals surface area contributed by atoms with Gasteiger partial charge in [-0.1, -0.05) is 61.2 Å². The molecule has 0 bridgehead atoms. The van der Waals surface area contributed by atoms with Gasteiger partial charge in [-0.25, -0.2) is 0 Å². The maximum atomic E-state index is 11.2. The van der Waals surface area contributed by atoms with Gasteiger partial charge in [0.05, 0.1) is 20.0 Å². The lowest BCUT2D eigenvalue weighted by Crippen LogP contribution is -2.42. The molecule has 0 aromatic carbocycles. The average molecular weight is 317 g/mol. The van der Waals surface area contributed by atoms with E-state index in [1.54, 1.807) is 6.08 Å². The van der Waals surface area contributed by atoms with Gasteiger partial charge in [-0.3, -0.25) is 4.79 Å². The number of likely N-dealkylation sites (N-methyl/N-ethyl adjacent to an activating group) is 1. The Labute approximate surface area is 121 Å². The molecule has 1 fully saturated rings. The Kier molecular flexibility index (Phi) is 12.5. The van der Waals surface area contributed by atoms with Crippen LogP contribution in [0.4, 0.5) is 0 Å². The molecule has 0 amide bonds. The Morgan fingerprint density at radius 3 is 2.39 bits per heavy atom. The van der Waals surface area contributed by atoms with Crippen LogP contribution in [-0.4, -0.2) is 42.8 Å². The number of rotatable bonds is 4. The van der Waals surface area contributed by atoms with Gasteiger partial charge in [-0.15, -0.1) is 0 Å². The van der Waals surface area contributed by atoms with Crippen LogP contribution in [0.1, 0.15) is 20.3 Å². The second kappa shape index (κ2) is 11.4. The molecule has 3 heteroatoms. The molecule has 18 heavy (non-hydrogen) atoms. The molecule has 0 saturated carbocycles. The van der Waals surface area contributed by atoms with Crippen LogP contribution in [-0.2, 0) is 4.79 Å². The van der Waals surface area contributed by atoms with E-state index in [1.807, 2.05) is 31.8 Å². The van der Waals surface area contributed by atoms with Crippen molar-refractivity contribution in [2.75, 3.05) is 32.5 Å². The predicted octanol–water partition coefficient (Wildman–Crippen LogP) is 3.74. The number of ketones is 1. The third-order valence-electron chi connectivity index (χ3n) is 2.54. The van der Waals surface area contributed by atoms with Crippen LogP contribution in [0.25, 0.3) is 0 Å². The molecule has 1 heterocycles. The van der Waals surface area contributed by atoms with Crippen LogP contribution in [0.5, 0.6) is 0 Å². The van der Waals surface area contributed by atoms with Crippen LogP contribution in [0.3, 0.4) is 0 Å². The zero-order valence-electron chi connectivity index (χ0n) is 12.2. The van der Waals surface area contributed by atoms with Gasteiger partial charge in [-0.2, -0.15) is 0 Å². The number of carbonyl (C=O) groups is 1. The van der Waals surface area contributed by atoms with Crippen molar-refractivity contribution >= 4 is 21.7 Å². The highest BCUT2D eigenvalue weighted by Crippen LogP contribution is 2.16. The standard InChI is InChI=1S/C12H18NO.C2H6.CH3Br/c1-4-5-6-11(2)9-13(3)8-7-12(14)10-13;2*1-2/h4-6H,1-2,7-10H2,3H3;1-2H3;1H3/q+1;;/b6-5-;;. The smallest absolute Gasteiger partial charge is 0.192 e. The lowest BCUT2D eigenvalue weighted by atomic mass is 10.2. The summed E-state index contributed by atoms with van der Waals surface area (Å²) in [6, 6.07) is 0. The maximum absolute atomic E-state index is 11.2. The Morgan fingerprint density at radius 2 is 2.00 bits per heavy atom. The molecule has 1 aliphatic heterocycles. The number of allylic oxidation sites excluding steroid dienone is 2. The predicted molar refractivity (Wildman–Crippen MR) is 85.1 cm³/mol. The second-order valence-corrected chi connectivity index (χ2v) is 4.20. The summed E-state index contributed by atoms with van der Waals surface area (Å²) in [5.41, 5.74) is 1.06. The highest BCUT2D eigenvalue weighted by molar-refractivity contribution is 9.08. The molecule has 0 aromatic heterocycles. The van der Waals surface area contributed by atoms with Crippen molar-refractivity contribution < 1.29 is 9.28 Å². The molecule has 104 valence electrons. The minimum atomic E-state index is 0.369. The molecule has 1 rings (SSSR count). The Bertz CT molecular complexity index is 297. The monoisotopic (exact) mass is 316 g/mol. The van der Waals surface area contributed by atoms with E-state index >= 15 is 0 Å². The van der Waals surface area contributed by atoms with Crippen molar-refractivity contribution in [1.29, 1.82) is 0 Å². The zero-order chi connectivity index (χ0) is 14.6. The number of hydrogen-bond acceptors (Lipinski definition) is 1. The normalized spacial score (nSPS) is 21.7. The summed E-state index contributed by atoms with van der Waals surface area (Å²) in [4.78, 5) is 11.2. The molecule has 1 saturated heterocycles. The lowest BCUT2D eigenvalue weighted by Gasteiger charge is -2.28. The lowest BCUT2D eigenvalue weighted by molar-refractivity contribution is -0.888. The van der Waals surface area contributed by atoms with Crippen molar-refractivity contribution in [1.82, 2.24) is 0 Å². The molecule has 0 N–H and O–H groups in total. The first kappa shape index (κ1) is 19.7. The van der Waals surface area contributed by atoms with Crippen molar-refractivity contribution in [3.05, 3.63) is 37.0 Å². The second-order valence-electron chi connectivity index (χ2n) is 4.20. The SMILES string of the molecule is C=C/C=C\C(=C)C[N+]1(C)CCC(=O)C1.CBr.CC. The highest BCUT2D eigenvalue weighted by atomic mass is 79.9. The van der Waals surface area contributed by atoms with Crippen LogP contribution in [0.2, 0.25) is 0 Å². The molecule has 1 unspecified atom stereocenters. The number of Topliss-reactive ketones (excluding diaryl/α,β-unsaturated/α-hetero) is 1. The van der Waals surface area contributed by atoms with E-state index < -0.39 is 0 Å². The minimum Gasteiger partial charge on any atom is -0.316 e. The number of hydrogen-bond donors (Lipinski definition) is 0. The van der Waals surface area contributed by atoms with E-state index in [1.165, 1.54) is 0 Å². The summed E-state index contributed by atoms with van der Waals surface area (Å²) >= 11 is 2.94. The van der Waals surface area contributed by atoms with Crippen LogP contribution in [0.15, 0.2) is 37.0 Å². The van der Waals surface area contributed by atoms with E-state index in [4.69, 9.17) is 0 Å². The Morgan fingerprint density at radius 1 is 1.44 bits per heavy atom. The number of likely N-dealkylation sites (tertiary alicyclic amines) is 1. The maximum Gasteiger partial charge on any atom is 0.192 e. The first-order valence-electron chi connectivity index (χ1n) is 6.26. The Hall–Kier alpha value is -0.670. The van der Waals surface area contributed by atoms with Gasteiger partial charge < -0.3 is 4.48 Å². The van der Waals surface area contributed by atoms with Gasteiger partial charge in [0.2, 0.25) is 0 Å². The molecule has 0 aliphatic carbocycles. The fraction of sp³-hybridized carbons (Fsp3) is 0.533. The quantitative estimate of drug-likeness (QED) is 0.438. The minimum absolute atomic E-state index is 0.369. The summed E-state index contributed by atoms with van der Waals surface area (Å²) < 4.78 is 0.805. The third kappa shape index (κ3) is 8.43. The number of quaternary nitrogens is 1. The molecule has 1 atom stereocenters. The molecule has 0 aromatic rings. The van der Waals surface area contributed by atoms with Crippen LogP contribution < -0.4 is 0 Å². The van der Waals surface area contributed by atoms with E-state index in [-0.39, 0.29) is 0 Å². The van der Waals surface area contributed by atoms with Crippen molar-refractivity contribution in [3.63, 3.8) is 0 Å². The Balaban J connectivity index is 0. The van der Waals surface area contributed by atoms with Crippen molar-refractivity contribution in [3.8, 4) is 0 Å². The fourth-order valence-corrected chi connectivity index (χ4v) is 1.86. The van der Waals surface area contributed by atoms with Crippen molar-refractivity contribution in [2.24, 2.45) is 0 Å². The molecule has 0 spiro atoms. The van der Waals surface area contributed by atoms with E-state index in [2.05, 4.69) is 36.1 Å². The largest absolute Gasteiger partial charge is 0.316 e. The van der Waals surface area contributed by atoms with E-state index in [9.17, 15) is 4.79 Å². The van der Waals surface area contributed by atoms with Gasteiger partial charge in [-0.05, 0) is 11.4 Å². The molecule has 2 nitrogen and oxygen atoms in total. The molecule has 1 aliphatic rings. The fourth-order valence-electron chi connectivity index (χ4n) is 1.86. The number of carbonyl (C=O) groups excluding carboxylic acids is 1. The number of nitrogens with zero attached hydrogens (tertiary/aromatic N) is 1. The molecular weight excluding hydrogens is 290 g/mol.